The molecule has 0 unspecified atom stereocenters. The second kappa shape index (κ2) is 10.7. The SMILES string of the molecule is Cc1ccc(C(O)(C(=O)O[C@H]2C[N+]3(CCCOc4ccccc4)CCC2CC3)c2ccc(C)cc2)cc1. The fourth-order valence-electron chi connectivity index (χ4n) is 5.99. The molecule has 3 aromatic rings. The lowest BCUT2D eigenvalue weighted by Gasteiger charge is -2.52. The number of para-hydroxylation sites is 1. The van der Waals surface area contributed by atoms with Crippen molar-refractivity contribution in [2.75, 3.05) is 32.8 Å². The molecule has 3 aliphatic heterocycles. The minimum atomic E-state index is -1.85. The molecule has 0 saturated carbocycles. The van der Waals surface area contributed by atoms with Crippen LogP contribution < -0.4 is 4.74 Å². The summed E-state index contributed by atoms with van der Waals surface area (Å²) in [4.78, 5) is 13.8. The highest BCUT2D eigenvalue weighted by atomic mass is 16.6. The Morgan fingerprint density at radius 1 is 0.892 bits per heavy atom. The maximum absolute atomic E-state index is 13.8. The van der Waals surface area contributed by atoms with Gasteiger partial charge in [-0.15, -0.1) is 0 Å². The zero-order valence-corrected chi connectivity index (χ0v) is 21.9. The molecule has 2 bridgehead atoms. The first-order valence-electron chi connectivity index (χ1n) is 13.5. The van der Waals surface area contributed by atoms with E-state index in [1.54, 1.807) is 0 Å². The average molecular weight is 501 g/mol. The van der Waals surface area contributed by atoms with Gasteiger partial charge in [0, 0.05) is 25.2 Å². The molecule has 6 rings (SSSR count). The third kappa shape index (κ3) is 5.43. The van der Waals surface area contributed by atoms with E-state index in [1.165, 1.54) is 0 Å². The van der Waals surface area contributed by atoms with E-state index in [0.29, 0.717) is 23.7 Å². The quantitative estimate of drug-likeness (QED) is 0.251. The number of quaternary nitrogens is 1. The normalized spacial score (nSPS) is 23.0. The Morgan fingerprint density at radius 2 is 1.46 bits per heavy atom. The molecule has 194 valence electrons. The molecule has 3 aromatic carbocycles. The number of benzene rings is 3. The third-order valence-corrected chi connectivity index (χ3v) is 8.32. The number of aryl methyl sites for hydroxylation is 2. The highest BCUT2D eigenvalue weighted by molar-refractivity contribution is 5.85. The lowest BCUT2D eigenvalue weighted by Crippen LogP contribution is -2.65. The van der Waals surface area contributed by atoms with Gasteiger partial charge in [0.2, 0.25) is 5.60 Å². The van der Waals surface area contributed by atoms with Gasteiger partial charge in [-0.1, -0.05) is 77.9 Å². The minimum absolute atomic E-state index is 0.188. The molecule has 0 aromatic heterocycles. The third-order valence-electron chi connectivity index (χ3n) is 8.32. The molecular formula is C32H38NO4+. The molecule has 3 aliphatic rings. The van der Waals surface area contributed by atoms with E-state index in [-0.39, 0.29) is 6.10 Å². The van der Waals surface area contributed by atoms with Crippen LogP contribution >= 0.6 is 0 Å². The Kier molecular flexibility index (Phi) is 7.36. The molecule has 3 heterocycles. The van der Waals surface area contributed by atoms with Crippen molar-refractivity contribution >= 4 is 5.97 Å². The molecule has 5 nitrogen and oxygen atoms in total. The summed E-state index contributed by atoms with van der Waals surface area (Å²) in [6, 6.07) is 24.9. The standard InChI is InChI=1S/C32H38NO4/c1-24-9-13-27(14-10-24)32(35,28-15-11-25(2)12-16-28)31(34)37-30-23-33(20-17-26(30)18-21-33)19-6-22-36-29-7-4-3-5-8-29/h3-5,7-16,26,30,35H,6,17-23H2,1-2H3/q+1/t26?,30-,33?/m0/s1. The summed E-state index contributed by atoms with van der Waals surface area (Å²) in [5.74, 6) is 0.674. The second-order valence-corrected chi connectivity index (χ2v) is 10.9. The molecule has 3 fully saturated rings. The van der Waals surface area contributed by atoms with Crippen LogP contribution in [0.5, 0.6) is 5.75 Å². The molecular weight excluding hydrogens is 462 g/mol. The van der Waals surface area contributed by atoms with Crippen LogP contribution in [0.1, 0.15) is 41.5 Å². The van der Waals surface area contributed by atoms with Gasteiger partial charge in [0.1, 0.15) is 12.3 Å². The molecule has 0 radical (unpaired) electrons. The van der Waals surface area contributed by atoms with E-state index in [1.807, 2.05) is 92.7 Å². The minimum Gasteiger partial charge on any atom is -0.493 e. The van der Waals surface area contributed by atoms with Gasteiger partial charge in [0.05, 0.1) is 26.2 Å². The van der Waals surface area contributed by atoms with E-state index in [2.05, 4.69) is 0 Å². The number of hydrogen-bond acceptors (Lipinski definition) is 4. The molecule has 3 saturated heterocycles. The number of carbonyl (C=O) groups is 1. The number of rotatable bonds is 9. The van der Waals surface area contributed by atoms with E-state index in [4.69, 9.17) is 9.47 Å². The van der Waals surface area contributed by atoms with Crippen LogP contribution in [0.15, 0.2) is 78.9 Å². The van der Waals surface area contributed by atoms with Crippen LogP contribution in [0.4, 0.5) is 0 Å². The van der Waals surface area contributed by atoms with Crippen LogP contribution in [0.2, 0.25) is 0 Å². The smallest absolute Gasteiger partial charge is 0.348 e. The lowest BCUT2D eigenvalue weighted by molar-refractivity contribution is -0.946. The number of fused-ring (bicyclic) bond motifs is 3. The topological polar surface area (TPSA) is 55.8 Å². The Labute approximate surface area is 220 Å². The molecule has 0 amide bonds. The number of nitrogens with zero attached hydrogens (tertiary/aromatic N) is 1. The summed E-state index contributed by atoms with van der Waals surface area (Å²) in [6.45, 7) is 8.71. The first-order chi connectivity index (χ1) is 17.9. The van der Waals surface area contributed by atoms with Crippen molar-refractivity contribution in [2.45, 2.75) is 44.8 Å². The highest BCUT2D eigenvalue weighted by Gasteiger charge is 2.50. The van der Waals surface area contributed by atoms with Gasteiger partial charge >= 0.3 is 5.97 Å². The summed E-state index contributed by atoms with van der Waals surface area (Å²) in [6.07, 6.45) is 2.86. The van der Waals surface area contributed by atoms with Gasteiger partial charge in [-0.3, -0.25) is 0 Å². The van der Waals surface area contributed by atoms with Crippen molar-refractivity contribution in [3.05, 3.63) is 101 Å². The summed E-state index contributed by atoms with van der Waals surface area (Å²) in [7, 11) is 0. The van der Waals surface area contributed by atoms with Crippen molar-refractivity contribution in [1.29, 1.82) is 0 Å². The first kappa shape index (κ1) is 25.5. The lowest BCUT2D eigenvalue weighted by atomic mass is 9.82. The summed E-state index contributed by atoms with van der Waals surface area (Å²) in [5, 5.41) is 12.0. The van der Waals surface area contributed by atoms with Crippen molar-refractivity contribution in [2.24, 2.45) is 5.92 Å². The predicted molar refractivity (Wildman–Crippen MR) is 144 cm³/mol. The highest BCUT2D eigenvalue weighted by Crippen LogP contribution is 2.38. The Balaban J connectivity index is 1.29. The van der Waals surface area contributed by atoms with Crippen LogP contribution in [0.25, 0.3) is 0 Å². The van der Waals surface area contributed by atoms with Crippen LogP contribution in [0.3, 0.4) is 0 Å². The second-order valence-electron chi connectivity index (χ2n) is 10.9. The Hall–Kier alpha value is -3.15. The predicted octanol–water partition coefficient (Wildman–Crippen LogP) is 5.16. The van der Waals surface area contributed by atoms with Crippen molar-refractivity contribution in [3.8, 4) is 5.75 Å². The summed E-state index contributed by atoms with van der Waals surface area (Å²) in [5.41, 5.74) is 1.37. The van der Waals surface area contributed by atoms with Gasteiger partial charge in [0.25, 0.3) is 0 Å². The van der Waals surface area contributed by atoms with Crippen molar-refractivity contribution < 1.29 is 23.9 Å². The van der Waals surface area contributed by atoms with Gasteiger partial charge < -0.3 is 19.1 Å². The molecule has 1 N–H and O–H groups in total. The first-order valence-corrected chi connectivity index (χ1v) is 13.5. The van der Waals surface area contributed by atoms with Gasteiger partial charge in [0.15, 0.2) is 6.10 Å². The number of aliphatic hydroxyl groups is 1. The van der Waals surface area contributed by atoms with E-state index < -0.39 is 11.6 Å². The number of ether oxygens (including phenoxy) is 2. The van der Waals surface area contributed by atoms with Gasteiger partial charge in [-0.2, -0.15) is 0 Å². The van der Waals surface area contributed by atoms with Gasteiger partial charge in [-0.25, -0.2) is 4.79 Å². The van der Waals surface area contributed by atoms with Crippen molar-refractivity contribution in [1.82, 2.24) is 0 Å². The molecule has 1 atom stereocenters. The zero-order chi connectivity index (χ0) is 25.9. The Morgan fingerprint density at radius 3 is 2.03 bits per heavy atom. The Bertz CT molecular complexity index is 1140. The van der Waals surface area contributed by atoms with Crippen LogP contribution in [-0.4, -0.2) is 54.4 Å². The number of hydrogen-bond donors (Lipinski definition) is 1. The number of piperidine rings is 3. The molecule has 37 heavy (non-hydrogen) atoms. The summed E-state index contributed by atoms with van der Waals surface area (Å²) >= 11 is 0. The number of carbonyl (C=O) groups excluding carboxylic acids is 1. The molecule has 0 aliphatic carbocycles. The maximum Gasteiger partial charge on any atom is 0.348 e. The maximum atomic E-state index is 13.8. The van der Waals surface area contributed by atoms with E-state index in [0.717, 1.165) is 66.8 Å². The monoisotopic (exact) mass is 500 g/mol. The number of esters is 1. The molecule has 0 spiro atoms. The fraction of sp³-hybridized carbons (Fsp3) is 0.406. The van der Waals surface area contributed by atoms with E-state index in [9.17, 15) is 9.90 Å². The molecule has 5 heteroatoms. The van der Waals surface area contributed by atoms with Crippen molar-refractivity contribution in [3.63, 3.8) is 0 Å². The van der Waals surface area contributed by atoms with E-state index >= 15 is 0 Å². The van der Waals surface area contributed by atoms with Crippen LogP contribution in [0, 0.1) is 19.8 Å². The summed E-state index contributed by atoms with van der Waals surface area (Å²) < 4.78 is 13.1. The zero-order valence-electron chi connectivity index (χ0n) is 21.9. The average Bonchev–Trinajstić information content (AvgIpc) is 2.93. The van der Waals surface area contributed by atoms with Gasteiger partial charge in [-0.05, 0) is 37.1 Å². The van der Waals surface area contributed by atoms with Crippen LogP contribution in [-0.2, 0) is 15.1 Å². The fourth-order valence-corrected chi connectivity index (χ4v) is 5.99. The largest absolute Gasteiger partial charge is 0.493 e.